The van der Waals surface area contributed by atoms with Crippen LogP contribution in [0.25, 0.3) is 0 Å². The van der Waals surface area contributed by atoms with Gasteiger partial charge in [0.25, 0.3) is 0 Å². The van der Waals surface area contributed by atoms with Crippen molar-refractivity contribution < 1.29 is 13.9 Å². The molecule has 0 aliphatic rings. The van der Waals surface area contributed by atoms with E-state index in [0.717, 1.165) is 11.1 Å². The summed E-state index contributed by atoms with van der Waals surface area (Å²) in [7, 11) is 1.60. The lowest BCUT2D eigenvalue weighted by molar-refractivity contribution is 0.290. The van der Waals surface area contributed by atoms with Crippen molar-refractivity contribution in [2.45, 2.75) is 32.9 Å². The molecule has 0 aromatic heterocycles. The molecule has 0 aliphatic heterocycles. The van der Waals surface area contributed by atoms with Crippen LogP contribution in [0.5, 0.6) is 11.5 Å². The number of hydrogen-bond donors (Lipinski definition) is 1. The highest BCUT2D eigenvalue weighted by molar-refractivity contribution is 5.43. The topological polar surface area (TPSA) is 54.3 Å². The summed E-state index contributed by atoms with van der Waals surface area (Å²) in [4.78, 5) is 0. The molecule has 132 valence electrons. The first-order valence-corrected chi connectivity index (χ1v) is 8.26. The van der Waals surface area contributed by atoms with E-state index < -0.39 is 0 Å². The summed E-state index contributed by atoms with van der Waals surface area (Å²) in [6, 6.07) is 13.0. The monoisotopic (exact) mass is 342 g/mol. The van der Waals surface area contributed by atoms with E-state index in [1.807, 2.05) is 24.3 Å². The lowest BCUT2D eigenvalue weighted by atomic mass is 10.1. The van der Waals surface area contributed by atoms with Gasteiger partial charge in [-0.15, -0.1) is 0 Å². The molecule has 0 saturated carbocycles. The number of ether oxygens (including phenoxy) is 2. The molecule has 1 N–H and O–H groups in total. The minimum atomic E-state index is -0.183. The standard InChI is InChI=1S/C20H23FN2O2/c1-15-11-16(5-7-18(15)21)13-23-14-17-6-8-19(24-2)20(12-17)25-10-4-3-9-22/h5-8,11-12,23H,3-4,10,13-14H2,1-2H3. The molecule has 0 unspecified atom stereocenters. The molecule has 2 aromatic rings. The SMILES string of the molecule is COc1ccc(CNCc2ccc(F)c(C)c2)cc1OCCCC#N. The third kappa shape index (κ3) is 5.77. The summed E-state index contributed by atoms with van der Waals surface area (Å²) in [5.74, 6) is 1.17. The van der Waals surface area contributed by atoms with Crippen molar-refractivity contribution in [3.05, 3.63) is 58.9 Å². The smallest absolute Gasteiger partial charge is 0.161 e. The zero-order chi connectivity index (χ0) is 18.1. The van der Waals surface area contributed by atoms with Crippen LogP contribution in [0.2, 0.25) is 0 Å². The number of nitrogens with one attached hydrogen (secondary N) is 1. The highest BCUT2D eigenvalue weighted by atomic mass is 19.1. The Morgan fingerprint density at radius 2 is 1.80 bits per heavy atom. The Morgan fingerprint density at radius 1 is 1.08 bits per heavy atom. The van der Waals surface area contributed by atoms with Gasteiger partial charge in [0, 0.05) is 19.5 Å². The molecule has 0 aliphatic carbocycles. The maximum atomic E-state index is 13.3. The maximum absolute atomic E-state index is 13.3. The van der Waals surface area contributed by atoms with Crippen LogP contribution < -0.4 is 14.8 Å². The molecule has 0 amide bonds. The Kier molecular flexibility index (Phi) is 7.24. The first kappa shape index (κ1) is 18.8. The van der Waals surface area contributed by atoms with Gasteiger partial charge in [-0.25, -0.2) is 4.39 Å². The quantitative estimate of drug-likeness (QED) is 0.697. The van der Waals surface area contributed by atoms with Crippen molar-refractivity contribution >= 4 is 0 Å². The normalized spacial score (nSPS) is 10.3. The van der Waals surface area contributed by atoms with Crippen molar-refractivity contribution in [3.8, 4) is 17.6 Å². The number of nitriles is 1. The molecule has 0 spiro atoms. The van der Waals surface area contributed by atoms with Gasteiger partial charge in [0.2, 0.25) is 0 Å². The van der Waals surface area contributed by atoms with Crippen molar-refractivity contribution in [2.24, 2.45) is 0 Å². The van der Waals surface area contributed by atoms with Crippen LogP contribution in [0.4, 0.5) is 4.39 Å². The van der Waals surface area contributed by atoms with Crippen LogP contribution in [0, 0.1) is 24.1 Å². The average Bonchev–Trinajstić information content (AvgIpc) is 2.62. The molecule has 2 rings (SSSR count). The summed E-state index contributed by atoms with van der Waals surface area (Å²) in [6.45, 7) is 3.56. The van der Waals surface area contributed by atoms with Gasteiger partial charge in [-0.2, -0.15) is 5.26 Å². The van der Waals surface area contributed by atoms with Crippen molar-refractivity contribution in [1.82, 2.24) is 5.32 Å². The first-order valence-electron chi connectivity index (χ1n) is 8.26. The van der Waals surface area contributed by atoms with Crippen LogP contribution in [0.3, 0.4) is 0 Å². The van der Waals surface area contributed by atoms with Crippen molar-refractivity contribution in [3.63, 3.8) is 0 Å². The Labute approximate surface area is 148 Å². The summed E-state index contributed by atoms with van der Waals surface area (Å²) in [6.07, 6.45) is 1.16. The van der Waals surface area contributed by atoms with E-state index in [4.69, 9.17) is 14.7 Å². The van der Waals surface area contributed by atoms with E-state index in [9.17, 15) is 4.39 Å². The zero-order valence-electron chi connectivity index (χ0n) is 14.6. The molecule has 0 radical (unpaired) electrons. The van der Waals surface area contributed by atoms with Gasteiger partial charge in [0.1, 0.15) is 5.82 Å². The van der Waals surface area contributed by atoms with E-state index in [-0.39, 0.29) is 5.82 Å². The van der Waals surface area contributed by atoms with Crippen LogP contribution in [0.1, 0.15) is 29.5 Å². The highest BCUT2D eigenvalue weighted by Crippen LogP contribution is 2.28. The third-order valence-electron chi connectivity index (χ3n) is 3.80. The van der Waals surface area contributed by atoms with Gasteiger partial charge in [0.15, 0.2) is 11.5 Å². The van der Waals surface area contributed by atoms with Gasteiger partial charge >= 0.3 is 0 Å². The van der Waals surface area contributed by atoms with Crippen LogP contribution in [-0.2, 0) is 13.1 Å². The molecule has 4 nitrogen and oxygen atoms in total. The minimum absolute atomic E-state index is 0.183. The third-order valence-corrected chi connectivity index (χ3v) is 3.80. The van der Waals surface area contributed by atoms with E-state index in [2.05, 4.69) is 11.4 Å². The van der Waals surface area contributed by atoms with Crippen LogP contribution in [0.15, 0.2) is 36.4 Å². The predicted molar refractivity (Wildman–Crippen MR) is 95.0 cm³/mol. The van der Waals surface area contributed by atoms with E-state index >= 15 is 0 Å². The summed E-state index contributed by atoms with van der Waals surface area (Å²) in [5.41, 5.74) is 2.76. The lowest BCUT2D eigenvalue weighted by Crippen LogP contribution is -2.13. The number of unbranched alkanes of at least 4 members (excludes halogenated alkanes) is 1. The summed E-state index contributed by atoms with van der Waals surface area (Å²) >= 11 is 0. The molecule has 25 heavy (non-hydrogen) atoms. The summed E-state index contributed by atoms with van der Waals surface area (Å²) < 4.78 is 24.3. The molecule has 5 heteroatoms. The van der Waals surface area contributed by atoms with Gasteiger partial charge in [-0.1, -0.05) is 18.2 Å². The maximum Gasteiger partial charge on any atom is 0.161 e. The van der Waals surface area contributed by atoms with E-state index in [1.165, 1.54) is 6.07 Å². The average molecular weight is 342 g/mol. The van der Waals surface area contributed by atoms with Gasteiger partial charge in [-0.05, 0) is 48.2 Å². The second-order valence-electron chi connectivity index (χ2n) is 5.78. The number of nitrogens with zero attached hydrogens (tertiary/aromatic N) is 1. The molecule has 2 aromatic carbocycles. The predicted octanol–water partition coefficient (Wildman–Crippen LogP) is 4.12. The Morgan fingerprint density at radius 3 is 2.48 bits per heavy atom. The molecule has 0 saturated heterocycles. The number of rotatable bonds is 9. The number of aryl methyl sites for hydroxylation is 1. The number of methoxy groups -OCH3 is 1. The highest BCUT2D eigenvalue weighted by Gasteiger charge is 2.06. The van der Waals surface area contributed by atoms with Gasteiger partial charge in [0.05, 0.1) is 19.8 Å². The van der Waals surface area contributed by atoms with Crippen molar-refractivity contribution in [1.29, 1.82) is 5.26 Å². The summed E-state index contributed by atoms with van der Waals surface area (Å²) in [5, 5.41) is 11.9. The zero-order valence-corrected chi connectivity index (χ0v) is 14.6. The molecule has 0 atom stereocenters. The van der Waals surface area contributed by atoms with Crippen LogP contribution >= 0.6 is 0 Å². The molecular formula is C20H23FN2O2. The molecular weight excluding hydrogens is 319 g/mol. The second kappa shape index (κ2) is 9.65. The van der Waals surface area contributed by atoms with E-state index in [1.54, 1.807) is 20.1 Å². The second-order valence-corrected chi connectivity index (χ2v) is 5.78. The van der Waals surface area contributed by atoms with Gasteiger partial charge in [-0.3, -0.25) is 0 Å². The van der Waals surface area contributed by atoms with Crippen molar-refractivity contribution in [2.75, 3.05) is 13.7 Å². The fourth-order valence-electron chi connectivity index (χ4n) is 2.45. The molecule has 0 bridgehead atoms. The Bertz CT molecular complexity index is 741. The Balaban J connectivity index is 1.92. The molecule has 0 fully saturated rings. The van der Waals surface area contributed by atoms with Crippen LogP contribution in [-0.4, -0.2) is 13.7 Å². The Hall–Kier alpha value is -2.58. The minimum Gasteiger partial charge on any atom is -0.493 e. The molecule has 0 heterocycles. The first-order chi connectivity index (χ1) is 12.1. The number of benzene rings is 2. The van der Waals surface area contributed by atoms with Gasteiger partial charge < -0.3 is 14.8 Å². The fraction of sp³-hybridized carbons (Fsp3) is 0.350. The fourth-order valence-corrected chi connectivity index (χ4v) is 2.45. The van der Waals surface area contributed by atoms with E-state index in [0.29, 0.717) is 49.6 Å². The largest absolute Gasteiger partial charge is 0.493 e. The number of hydrogen-bond acceptors (Lipinski definition) is 4. The number of halogens is 1. The lowest BCUT2D eigenvalue weighted by Gasteiger charge is -2.12.